The molecule has 0 spiro atoms. The first kappa shape index (κ1) is 18.2. The molecule has 1 aromatic heterocycles. The summed E-state index contributed by atoms with van der Waals surface area (Å²) in [4.78, 5) is 23.7. The van der Waals surface area contributed by atoms with E-state index >= 15 is 0 Å². The first-order valence-electron chi connectivity index (χ1n) is 7.17. The molecule has 1 aromatic carbocycles. The topological polar surface area (TPSA) is 110 Å². The van der Waals surface area contributed by atoms with Crippen LogP contribution in [0.5, 0.6) is 0 Å². The molecule has 9 heteroatoms. The van der Waals surface area contributed by atoms with Gasteiger partial charge in [0.25, 0.3) is 5.91 Å². The van der Waals surface area contributed by atoms with Crippen molar-refractivity contribution < 1.29 is 9.59 Å². The summed E-state index contributed by atoms with van der Waals surface area (Å²) in [7, 11) is 0. The van der Waals surface area contributed by atoms with E-state index in [1.807, 2.05) is 12.1 Å². The Balaban J connectivity index is 1.80. The van der Waals surface area contributed by atoms with Crippen LogP contribution >= 0.6 is 23.1 Å². The second kappa shape index (κ2) is 7.63. The van der Waals surface area contributed by atoms with Gasteiger partial charge in [-0.05, 0) is 23.1 Å². The second-order valence-corrected chi connectivity index (χ2v) is 8.26. The summed E-state index contributed by atoms with van der Waals surface area (Å²) in [5.74, 6) is -0.597. The standard InChI is InChI=1S/C15H19N5O2S2/c1-15(2,3)10-6-4-9(5-7-10)12(22)18-17-11(21)8-23-14-20-19-13(16)24-14/h4-7H,8H2,1-3H3,(H2,16,19)(H,17,21)(H,18,22). The first-order chi connectivity index (χ1) is 11.3. The second-order valence-electron chi connectivity index (χ2n) is 6.02. The molecule has 0 aliphatic rings. The number of carbonyl (C=O) groups excluding carboxylic acids is 2. The van der Waals surface area contributed by atoms with Gasteiger partial charge in [0.15, 0.2) is 4.34 Å². The Morgan fingerprint density at radius 2 is 1.83 bits per heavy atom. The van der Waals surface area contributed by atoms with Crippen molar-refractivity contribution in [2.24, 2.45) is 0 Å². The van der Waals surface area contributed by atoms with Crippen molar-refractivity contribution in [2.75, 3.05) is 11.5 Å². The molecule has 24 heavy (non-hydrogen) atoms. The Kier molecular flexibility index (Phi) is 5.79. The van der Waals surface area contributed by atoms with Crippen LogP contribution in [0.3, 0.4) is 0 Å². The number of aromatic nitrogens is 2. The van der Waals surface area contributed by atoms with E-state index < -0.39 is 0 Å². The normalized spacial score (nSPS) is 11.1. The van der Waals surface area contributed by atoms with Gasteiger partial charge in [-0.25, -0.2) is 0 Å². The molecule has 0 saturated heterocycles. The van der Waals surface area contributed by atoms with Crippen molar-refractivity contribution in [3.63, 3.8) is 0 Å². The molecule has 0 saturated carbocycles. The van der Waals surface area contributed by atoms with Crippen molar-refractivity contribution in [1.29, 1.82) is 0 Å². The SMILES string of the molecule is CC(C)(C)c1ccc(C(=O)NNC(=O)CSc2nnc(N)s2)cc1. The van der Waals surface area contributed by atoms with Crippen LogP contribution < -0.4 is 16.6 Å². The van der Waals surface area contributed by atoms with Crippen molar-refractivity contribution in [1.82, 2.24) is 21.0 Å². The molecular weight excluding hydrogens is 346 g/mol. The number of hydrazine groups is 1. The van der Waals surface area contributed by atoms with Gasteiger partial charge in [0.2, 0.25) is 11.0 Å². The maximum Gasteiger partial charge on any atom is 0.269 e. The summed E-state index contributed by atoms with van der Waals surface area (Å²) in [6.45, 7) is 6.31. The van der Waals surface area contributed by atoms with Gasteiger partial charge in [0.1, 0.15) is 0 Å². The fraction of sp³-hybridized carbons (Fsp3) is 0.333. The number of amides is 2. The van der Waals surface area contributed by atoms with Crippen molar-refractivity contribution in [2.45, 2.75) is 30.5 Å². The quantitative estimate of drug-likeness (QED) is 0.564. The maximum atomic E-state index is 12.0. The van der Waals surface area contributed by atoms with Gasteiger partial charge in [-0.1, -0.05) is 56.0 Å². The summed E-state index contributed by atoms with van der Waals surface area (Å²) in [6.07, 6.45) is 0. The highest BCUT2D eigenvalue weighted by molar-refractivity contribution is 8.01. The smallest absolute Gasteiger partial charge is 0.269 e. The molecule has 2 aromatic rings. The van der Waals surface area contributed by atoms with E-state index in [1.165, 1.54) is 23.1 Å². The summed E-state index contributed by atoms with van der Waals surface area (Å²) < 4.78 is 0.603. The van der Waals surface area contributed by atoms with Gasteiger partial charge in [-0.2, -0.15) is 0 Å². The lowest BCUT2D eigenvalue weighted by atomic mass is 9.87. The van der Waals surface area contributed by atoms with E-state index in [9.17, 15) is 9.59 Å². The molecule has 1 heterocycles. The number of nitrogens with one attached hydrogen (secondary N) is 2. The minimum Gasteiger partial charge on any atom is -0.374 e. The summed E-state index contributed by atoms with van der Waals surface area (Å²) in [6, 6.07) is 7.29. The molecule has 0 fully saturated rings. The lowest BCUT2D eigenvalue weighted by molar-refractivity contribution is -0.119. The zero-order chi connectivity index (χ0) is 17.7. The fourth-order valence-corrected chi connectivity index (χ4v) is 3.20. The molecule has 0 aliphatic heterocycles. The largest absolute Gasteiger partial charge is 0.374 e. The van der Waals surface area contributed by atoms with Gasteiger partial charge in [0, 0.05) is 5.56 Å². The number of nitrogens with two attached hydrogens (primary N) is 1. The van der Waals surface area contributed by atoms with E-state index in [2.05, 4.69) is 41.8 Å². The average molecular weight is 365 g/mol. The van der Waals surface area contributed by atoms with Crippen LogP contribution in [0.1, 0.15) is 36.7 Å². The van der Waals surface area contributed by atoms with Gasteiger partial charge in [-0.15, -0.1) is 10.2 Å². The van der Waals surface area contributed by atoms with E-state index in [0.29, 0.717) is 15.0 Å². The van der Waals surface area contributed by atoms with Crippen molar-refractivity contribution in [3.05, 3.63) is 35.4 Å². The lowest BCUT2D eigenvalue weighted by Gasteiger charge is -2.19. The maximum absolute atomic E-state index is 12.0. The van der Waals surface area contributed by atoms with Crippen LogP contribution in [-0.4, -0.2) is 27.8 Å². The predicted molar refractivity (Wildman–Crippen MR) is 95.8 cm³/mol. The number of thioether (sulfide) groups is 1. The molecule has 2 rings (SSSR count). The number of nitrogen functional groups attached to an aromatic ring is 1. The number of benzene rings is 1. The minimum absolute atomic E-state index is 0.0223. The number of hydrogen-bond donors (Lipinski definition) is 3. The molecule has 128 valence electrons. The van der Waals surface area contributed by atoms with E-state index in [0.717, 1.165) is 5.56 Å². The summed E-state index contributed by atoms with van der Waals surface area (Å²) in [5, 5.41) is 7.81. The Hall–Kier alpha value is -2.13. The van der Waals surface area contributed by atoms with Gasteiger partial charge in [-0.3, -0.25) is 20.4 Å². The highest BCUT2D eigenvalue weighted by atomic mass is 32.2. The number of nitrogens with zero attached hydrogens (tertiary/aromatic N) is 2. The Morgan fingerprint density at radius 3 is 2.38 bits per heavy atom. The van der Waals surface area contributed by atoms with Crippen LogP contribution in [0.4, 0.5) is 5.13 Å². The zero-order valence-corrected chi connectivity index (χ0v) is 15.3. The Morgan fingerprint density at radius 1 is 1.17 bits per heavy atom. The molecule has 2 amide bonds. The monoisotopic (exact) mass is 365 g/mol. The van der Waals surface area contributed by atoms with E-state index in [4.69, 9.17) is 5.73 Å². The van der Waals surface area contributed by atoms with E-state index in [1.54, 1.807) is 12.1 Å². The van der Waals surface area contributed by atoms with Crippen LogP contribution in [0.25, 0.3) is 0 Å². The number of hydrogen-bond acceptors (Lipinski definition) is 7. The average Bonchev–Trinajstić information content (AvgIpc) is 2.95. The fourth-order valence-electron chi connectivity index (χ4n) is 1.76. The third-order valence-corrected chi connectivity index (χ3v) is 4.96. The van der Waals surface area contributed by atoms with Gasteiger partial charge >= 0.3 is 0 Å². The van der Waals surface area contributed by atoms with Crippen LogP contribution in [0, 0.1) is 0 Å². The molecular formula is C15H19N5O2S2. The van der Waals surface area contributed by atoms with Crippen molar-refractivity contribution in [3.8, 4) is 0 Å². The summed E-state index contributed by atoms with van der Waals surface area (Å²) >= 11 is 2.41. The molecule has 0 unspecified atom stereocenters. The molecule has 0 atom stereocenters. The van der Waals surface area contributed by atoms with Gasteiger partial charge < -0.3 is 5.73 Å². The Bertz CT molecular complexity index is 722. The third kappa shape index (κ3) is 5.20. The molecule has 0 radical (unpaired) electrons. The molecule has 0 aliphatic carbocycles. The first-order valence-corrected chi connectivity index (χ1v) is 8.97. The lowest BCUT2D eigenvalue weighted by Crippen LogP contribution is -2.42. The Labute approximate surface area is 148 Å². The van der Waals surface area contributed by atoms with Gasteiger partial charge in [0.05, 0.1) is 5.75 Å². The molecule has 4 N–H and O–H groups in total. The highest BCUT2D eigenvalue weighted by Gasteiger charge is 2.14. The van der Waals surface area contributed by atoms with Crippen LogP contribution in [0.15, 0.2) is 28.6 Å². The number of anilines is 1. The number of carbonyl (C=O) groups is 2. The predicted octanol–water partition coefficient (Wildman–Crippen LogP) is 1.97. The number of rotatable bonds is 4. The summed E-state index contributed by atoms with van der Waals surface area (Å²) in [5.41, 5.74) is 11.9. The zero-order valence-electron chi connectivity index (χ0n) is 13.6. The molecule has 0 bridgehead atoms. The van der Waals surface area contributed by atoms with Crippen molar-refractivity contribution >= 4 is 40.0 Å². The van der Waals surface area contributed by atoms with Crippen LogP contribution in [0.2, 0.25) is 0 Å². The minimum atomic E-state index is -0.367. The van der Waals surface area contributed by atoms with Crippen LogP contribution in [-0.2, 0) is 10.2 Å². The van der Waals surface area contributed by atoms with E-state index in [-0.39, 0.29) is 23.0 Å². The third-order valence-electron chi connectivity index (χ3n) is 3.08. The highest BCUT2D eigenvalue weighted by Crippen LogP contribution is 2.23. The molecule has 7 nitrogen and oxygen atoms in total.